The van der Waals surface area contributed by atoms with Crippen LogP contribution in [0.4, 0.5) is 14.3 Å². The van der Waals surface area contributed by atoms with Crippen LogP contribution in [0, 0.1) is 29.5 Å². The van der Waals surface area contributed by atoms with Gasteiger partial charge in [0.25, 0.3) is 0 Å². The van der Waals surface area contributed by atoms with E-state index in [0.29, 0.717) is 30.3 Å². The van der Waals surface area contributed by atoms with Gasteiger partial charge < -0.3 is 25.2 Å². The fourth-order valence-electron chi connectivity index (χ4n) is 6.70. The van der Waals surface area contributed by atoms with E-state index < -0.39 is 40.2 Å². The molecule has 3 fully saturated rings. The quantitative estimate of drug-likeness (QED) is 0.195. The highest BCUT2D eigenvalue weighted by Crippen LogP contribution is 2.41. The van der Waals surface area contributed by atoms with E-state index in [1.165, 1.54) is 47.0 Å². The topological polar surface area (TPSA) is 149 Å². The summed E-state index contributed by atoms with van der Waals surface area (Å²) in [6, 6.07) is 8.53. The molecule has 3 aliphatic rings. The summed E-state index contributed by atoms with van der Waals surface area (Å²) in [6.45, 7) is 6.28. The van der Waals surface area contributed by atoms with Gasteiger partial charge in [-0.05, 0) is 73.4 Å². The number of aromatic nitrogens is 1. The van der Waals surface area contributed by atoms with Crippen molar-refractivity contribution in [1.29, 1.82) is 0 Å². The maximum atomic E-state index is 14.3. The van der Waals surface area contributed by atoms with E-state index in [4.69, 9.17) is 19.2 Å². The number of hydrogen-bond donors (Lipinski definition) is 3. The minimum absolute atomic E-state index is 0.00953. The molecule has 6 rings (SSSR count). The van der Waals surface area contributed by atoms with Gasteiger partial charge in [-0.3, -0.25) is 0 Å². The number of halogens is 1. The van der Waals surface area contributed by atoms with Crippen molar-refractivity contribution in [2.45, 2.75) is 75.6 Å². The Labute approximate surface area is 290 Å². The van der Waals surface area contributed by atoms with Crippen molar-refractivity contribution in [3.05, 3.63) is 47.8 Å². The van der Waals surface area contributed by atoms with Gasteiger partial charge in [-0.25, -0.2) is 32.4 Å². The van der Waals surface area contributed by atoms with Crippen LogP contribution < -0.4 is 15.4 Å². The lowest BCUT2D eigenvalue weighted by Crippen LogP contribution is -2.52. The van der Waals surface area contributed by atoms with E-state index in [1.54, 1.807) is 12.1 Å². The number of hydrogen-bond acceptors (Lipinski definition) is 11. The number of alkyl carbamates (subject to hydrolysis) is 1. The van der Waals surface area contributed by atoms with Crippen LogP contribution >= 0.6 is 11.3 Å². The van der Waals surface area contributed by atoms with Gasteiger partial charge in [0.05, 0.1) is 47.6 Å². The number of methoxy groups -OCH3 is 1. The van der Waals surface area contributed by atoms with Crippen molar-refractivity contribution in [2.24, 2.45) is 23.7 Å². The Morgan fingerprint density at radius 3 is 2.67 bits per heavy atom. The smallest absolute Gasteiger partial charge is 0.407 e. The van der Waals surface area contributed by atoms with E-state index in [0.717, 1.165) is 29.1 Å². The fraction of sp³-hybridized carbons (Fsp3) is 0.588. The largest absolute Gasteiger partial charge is 0.494 e. The van der Waals surface area contributed by atoms with E-state index >= 15 is 0 Å². The fourth-order valence-corrected chi connectivity index (χ4v) is 9.40. The maximum Gasteiger partial charge on any atom is 0.407 e. The molecule has 3 N–H and O–H groups in total. The molecule has 6 atom stereocenters. The number of ether oxygens (including phenoxy) is 2. The Balaban J connectivity index is 1.24. The Morgan fingerprint density at radius 1 is 1.16 bits per heavy atom. The van der Waals surface area contributed by atoms with Gasteiger partial charge in [-0.2, -0.15) is 4.31 Å². The van der Waals surface area contributed by atoms with E-state index in [1.807, 2.05) is 13.8 Å². The number of thiazole rings is 1. The molecule has 0 spiro atoms. The van der Waals surface area contributed by atoms with Crippen LogP contribution in [0.2, 0.25) is 0 Å². The molecule has 49 heavy (non-hydrogen) atoms. The molecule has 2 aromatic carbocycles. The van der Waals surface area contributed by atoms with E-state index in [2.05, 4.69) is 22.5 Å². The van der Waals surface area contributed by atoms with Crippen LogP contribution in [0.15, 0.2) is 41.3 Å². The molecule has 3 aromatic rings. The van der Waals surface area contributed by atoms with Gasteiger partial charge >= 0.3 is 6.09 Å². The van der Waals surface area contributed by atoms with Crippen molar-refractivity contribution >= 4 is 42.8 Å². The number of fused-ring (bicyclic) bond motifs is 3. The molecule has 2 aliphatic carbocycles. The molecule has 2 saturated carbocycles. The summed E-state index contributed by atoms with van der Waals surface area (Å²) in [5.41, 5.74) is 1.27. The highest BCUT2D eigenvalue weighted by atomic mass is 32.2. The molecular weight excluding hydrogens is 676 g/mol. The Morgan fingerprint density at radius 2 is 1.94 bits per heavy atom. The summed E-state index contributed by atoms with van der Waals surface area (Å²) >= 11 is 1.40. The SMILES string of the molecule is COc1cc(C[C@H](NC(=O)OC2C3COOCC2C(C)C3)[C@H](O)CN(CC(C)C)S(=O)(=O)c2ccc3nc(NC4CC4)sc3c2)ccc1F. The second-order valence-corrected chi connectivity index (χ2v) is 16.8. The lowest BCUT2D eigenvalue weighted by molar-refractivity contribution is -0.302. The number of anilines is 1. The summed E-state index contributed by atoms with van der Waals surface area (Å²) in [7, 11) is -2.73. The van der Waals surface area contributed by atoms with Gasteiger partial charge in [0.15, 0.2) is 16.7 Å². The first kappa shape index (κ1) is 35.7. The number of sulfonamides is 1. The number of rotatable bonds is 14. The number of benzene rings is 2. The highest BCUT2D eigenvalue weighted by molar-refractivity contribution is 7.89. The summed E-state index contributed by atoms with van der Waals surface area (Å²) in [4.78, 5) is 28.6. The predicted molar refractivity (Wildman–Crippen MR) is 182 cm³/mol. The second kappa shape index (κ2) is 15.0. The standard InChI is InChI=1S/C34H45FN4O8S2/c1-19(2)15-39(49(42,43)24-8-10-27-31(14-24)48-33(37-27)36-23-6-7-23)16-29(40)28(12-21-5-9-26(35)30(13-21)44-4)38-34(41)47-32-22-11-20(3)25(32)18-46-45-17-22/h5,8-10,13-14,19-20,22-23,25,28-29,32,40H,6-7,11-12,15-18H2,1-4H3,(H,36,37)(H,38,41)/t20?,22?,25?,28-,29+,32?/m0/s1. The molecule has 1 aliphatic heterocycles. The minimum Gasteiger partial charge on any atom is -0.494 e. The maximum absolute atomic E-state index is 14.3. The normalized spacial score (nSPS) is 23.8. The van der Waals surface area contributed by atoms with Crippen LogP contribution in [0.5, 0.6) is 5.75 Å². The van der Waals surface area contributed by atoms with Crippen LogP contribution in [0.25, 0.3) is 10.2 Å². The lowest BCUT2D eigenvalue weighted by Gasteiger charge is -2.31. The summed E-state index contributed by atoms with van der Waals surface area (Å²) in [5.74, 6) is -0.443. The van der Waals surface area contributed by atoms with Crippen LogP contribution in [0.3, 0.4) is 0 Å². The van der Waals surface area contributed by atoms with Crippen molar-refractivity contribution in [2.75, 3.05) is 38.7 Å². The Kier molecular flexibility index (Phi) is 11.0. The third-order valence-corrected chi connectivity index (χ3v) is 12.2. The first-order valence-corrected chi connectivity index (χ1v) is 19.1. The average molecular weight is 721 g/mol. The van der Waals surface area contributed by atoms with Gasteiger partial charge in [-0.1, -0.05) is 38.2 Å². The molecule has 268 valence electrons. The number of nitrogens with one attached hydrogen (secondary N) is 2. The zero-order valence-electron chi connectivity index (χ0n) is 28.1. The van der Waals surface area contributed by atoms with Crippen molar-refractivity contribution in [3.63, 3.8) is 0 Å². The van der Waals surface area contributed by atoms with Gasteiger partial charge in [0.2, 0.25) is 10.0 Å². The first-order valence-electron chi connectivity index (χ1n) is 16.8. The van der Waals surface area contributed by atoms with Gasteiger partial charge in [0.1, 0.15) is 6.10 Å². The number of carbonyl (C=O) groups excluding carboxylic acids is 1. The zero-order valence-corrected chi connectivity index (χ0v) is 29.8. The van der Waals surface area contributed by atoms with Gasteiger partial charge in [0, 0.05) is 31.0 Å². The van der Waals surface area contributed by atoms with Gasteiger partial charge in [-0.15, -0.1) is 0 Å². The average Bonchev–Trinajstić information content (AvgIpc) is 3.74. The Bertz CT molecular complexity index is 1740. The first-order chi connectivity index (χ1) is 23.4. The zero-order chi connectivity index (χ0) is 34.9. The van der Waals surface area contributed by atoms with Crippen molar-refractivity contribution in [1.82, 2.24) is 14.6 Å². The third-order valence-electron chi connectivity index (χ3n) is 9.46. The van der Waals surface area contributed by atoms with Crippen LogP contribution in [0.1, 0.15) is 45.6 Å². The Hall–Kier alpha value is -3.08. The minimum atomic E-state index is -4.08. The predicted octanol–water partition coefficient (Wildman–Crippen LogP) is 4.97. The highest BCUT2D eigenvalue weighted by Gasteiger charge is 2.46. The molecule has 2 bridgehead atoms. The molecule has 15 heteroatoms. The molecular formula is C34H45FN4O8S2. The van der Waals surface area contributed by atoms with Crippen molar-refractivity contribution < 1.29 is 42.0 Å². The number of carbonyl (C=O) groups is 1. The third kappa shape index (κ3) is 8.46. The molecule has 1 amide bonds. The monoisotopic (exact) mass is 720 g/mol. The number of aliphatic hydroxyl groups excluding tert-OH is 1. The van der Waals surface area contributed by atoms with E-state index in [9.17, 15) is 22.7 Å². The number of amides is 1. The van der Waals surface area contributed by atoms with Crippen LogP contribution in [-0.2, 0) is 31.0 Å². The molecule has 2 heterocycles. The molecule has 4 unspecified atom stereocenters. The van der Waals surface area contributed by atoms with E-state index in [-0.39, 0.29) is 53.8 Å². The number of aliphatic hydroxyl groups is 1. The van der Waals surface area contributed by atoms with Crippen molar-refractivity contribution in [3.8, 4) is 5.75 Å². The lowest BCUT2D eigenvalue weighted by atomic mass is 9.97. The second-order valence-electron chi connectivity index (χ2n) is 13.9. The summed E-state index contributed by atoms with van der Waals surface area (Å²) < 4.78 is 55.7. The molecule has 0 radical (unpaired) electrons. The molecule has 12 nitrogen and oxygen atoms in total. The summed E-state index contributed by atoms with van der Waals surface area (Å²) in [6.07, 6.45) is 0.492. The van der Waals surface area contributed by atoms with Crippen LogP contribution in [-0.4, -0.2) is 86.6 Å². The molecule has 1 aromatic heterocycles. The number of nitrogens with zero attached hydrogens (tertiary/aromatic N) is 2. The summed E-state index contributed by atoms with van der Waals surface area (Å²) in [5, 5.41) is 18.7. The molecule has 1 saturated heterocycles.